The van der Waals surface area contributed by atoms with E-state index >= 15 is 0 Å². The number of hydrogen-bond donors (Lipinski definition) is 1. The van der Waals surface area contributed by atoms with Gasteiger partial charge in [-0.3, -0.25) is 4.90 Å². The second-order valence-corrected chi connectivity index (χ2v) is 6.08. The van der Waals surface area contributed by atoms with E-state index in [0.29, 0.717) is 11.6 Å². The summed E-state index contributed by atoms with van der Waals surface area (Å²) >= 11 is 0. The largest absolute Gasteiger partial charge is 0.380 e. The lowest BCUT2D eigenvalue weighted by atomic mass is 9.91. The van der Waals surface area contributed by atoms with Crippen molar-refractivity contribution in [3.63, 3.8) is 0 Å². The van der Waals surface area contributed by atoms with Crippen LogP contribution in [0.2, 0.25) is 0 Å². The second-order valence-electron chi connectivity index (χ2n) is 6.08. The van der Waals surface area contributed by atoms with Crippen molar-refractivity contribution in [3.05, 3.63) is 12.7 Å². The number of piperazine rings is 1. The van der Waals surface area contributed by atoms with Crippen molar-refractivity contribution >= 4 is 0 Å². The van der Waals surface area contributed by atoms with Crippen LogP contribution in [0.15, 0.2) is 12.7 Å². The third-order valence-electron chi connectivity index (χ3n) is 4.42. The van der Waals surface area contributed by atoms with Gasteiger partial charge in [0, 0.05) is 31.2 Å². The molecular formula is C15H28N2O. The van der Waals surface area contributed by atoms with E-state index < -0.39 is 0 Å². The molecule has 0 bridgehead atoms. The normalized spacial score (nSPS) is 33.6. The second kappa shape index (κ2) is 6.18. The fourth-order valence-corrected chi connectivity index (χ4v) is 2.89. The molecule has 1 heterocycles. The highest BCUT2D eigenvalue weighted by atomic mass is 16.5. The van der Waals surface area contributed by atoms with Crippen LogP contribution in [-0.2, 0) is 4.74 Å². The van der Waals surface area contributed by atoms with Gasteiger partial charge in [0.25, 0.3) is 0 Å². The standard InChI is InChI=1S/C15H28N2O/c1-4-5-9-18-10-8-17-12-15(3,14-6-7-14)16-11-13(17)2/h4,13-14,16H,1,5-12H2,2-3H3. The number of rotatable bonds is 7. The van der Waals surface area contributed by atoms with E-state index in [9.17, 15) is 0 Å². The number of hydrogen-bond acceptors (Lipinski definition) is 3. The molecule has 2 aliphatic rings. The molecule has 1 saturated heterocycles. The lowest BCUT2D eigenvalue weighted by molar-refractivity contribution is 0.0453. The quantitative estimate of drug-likeness (QED) is 0.554. The Morgan fingerprint density at radius 2 is 2.22 bits per heavy atom. The van der Waals surface area contributed by atoms with Crippen molar-refractivity contribution < 1.29 is 4.74 Å². The first-order valence-electron chi connectivity index (χ1n) is 7.33. The Hall–Kier alpha value is -0.380. The Labute approximate surface area is 112 Å². The fourth-order valence-electron chi connectivity index (χ4n) is 2.89. The van der Waals surface area contributed by atoms with Crippen LogP contribution in [-0.4, -0.2) is 49.3 Å². The predicted octanol–water partition coefficient (Wildman–Crippen LogP) is 2.04. The van der Waals surface area contributed by atoms with E-state index in [-0.39, 0.29) is 0 Å². The summed E-state index contributed by atoms with van der Waals surface area (Å²) in [5.41, 5.74) is 0.341. The molecule has 104 valence electrons. The van der Waals surface area contributed by atoms with Gasteiger partial charge in [0.1, 0.15) is 0 Å². The van der Waals surface area contributed by atoms with Gasteiger partial charge in [0.15, 0.2) is 0 Å². The topological polar surface area (TPSA) is 24.5 Å². The van der Waals surface area contributed by atoms with Gasteiger partial charge in [0.05, 0.1) is 13.2 Å². The van der Waals surface area contributed by atoms with Gasteiger partial charge in [-0.1, -0.05) is 6.08 Å². The molecule has 2 atom stereocenters. The van der Waals surface area contributed by atoms with Crippen molar-refractivity contribution in [2.45, 2.75) is 44.7 Å². The van der Waals surface area contributed by atoms with E-state index in [0.717, 1.165) is 38.6 Å². The molecule has 1 saturated carbocycles. The van der Waals surface area contributed by atoms with Crippen LogP contribution >= 0.6 is 0 Å². The molecular weight excluding hydrogens is 224 g/mol. The summed E-state index contributed by atoms with van der Waals surface area (Å²) in [7, 11) is 0. The molecule has 2 rings (SSSR count). The van der Waals surface area contributed by atoms with E-state index in [2.05, 4.69) is 30.6 Å². The molecule has 2 unspecified atom stereocenters. The third-order valence-corrected chi connectivity index (χ3v) is 4.42. The van der Waals surface area contributed by atoms with Gasteiger partial charge in [-0.15, -0.1) is 6.58 Å². The molecule has 0 amide bonds. The summed E-state index contributed by atoms with van der Waals surface area (Å²) in [6.45, 7) is 13.4. The molecule has 2 fully saturated rings. The predicted molar refractivity (Wildman–Crippen MR) is 75.8 cm³/mol. The van der Waals surface area contributed by atoms with Crippen molar-refractivity contribution in [3.8, 4) is 0 Å². The molecule has 1 aliphatic carbocycles. The van der Waals surface area contributed by atoms with E-state index in [1.54, 1.807) is 0 Å². The number of ether oxygens (including phenoxy) is 1. The molecule has 0 spiro atoms. The van der Waals surface area contributed by atoms with Crippen molar-refractivity contribution in [2.75, 3.05) is 32.8 Å². The van der Waals surface area contributed by atoms with E-state index in [1.807, 2.05) is 6.08 Å². The van der Waals surface area contributed by atoms with E-state index in [1.165, 1.54) is 19.4 Å². The van der Waals surface area contributed by atoms with Crippen LogP contribution in [0.5, 0.6) is 0 Å². The highest BCUT2D eigenvalue weighted by molar-refractivity contribution is 5.03. The van der Waals surface area contributed by atoms with Crippen molar-refractivity contribution in [1.82, 2.24) is 10.2 Å². The van der Waals surface area contributed by atoms with Gasteiger partial charge in [-0.2, -0.15) is 0 Å². The lowest BCUT2D eigenvalue weighted by Gasteiger charge is -2.45. The molecule has 0 aromatic heterocycles. The zero-order valence-corrected chi connectivity index (χ0v) is 12.0. The fraction of sp³-hybridized carbons (Fsp3) is 0.867. The van der Waals surface area contributed by atoms with Gasteiger partial charge in [0.2, 0.25) is 0 Å². The Morgan fingerprint density at radius 3 is 2.89 bits per heavy atom. The smallest absolute Gasteiger partial charge is 0.0593 e. The highest BCUT2D eigenvalue weighted by Crippen LogP contribution is 2.41. The van der Waals surface area contributed by atoms with Crippen molar-refractivity contribution in [1.29, 1.82) is 0 Å². The summed E-state index contributed by atoms with van der Waals surface area (Å²) in [5.74, 6) is 0.897. The minimum absolute atomic E-state index is 0.341. The number of nitrogens with one attached hydrogen (secondary N) is 1. The molecule has 0 aromatic carbocycles. The van der Waals surface area contributed by atoms with Crippen LogP contribution in [0.4, 0.5) is 0 Å². The van der Waals surface area contributed by atoms with Gasteiger partial charge < -0.3 is 10.1 Å². The zero-order chi connectivity index (χ0) is 13.0. The van der Waals surface area contributed by atoms with Crippen LogP contribution in [0.25, 0.3) is 0 Å². The Kier molecular flexibility index (Phi) is 4.82. The first-order valence-corrected chi connectivity index (χ1v) is 7.33. The summed E-state index contributed by atoms with van der Waals surface area (Å²) in [5, 5.41) is 3.75. The molecule has 0 aromatic rings. The molecule has 18 heavy (non-hydrogen) atoms. The maximum absolute atomic E-state index is 5.64. The lowest BCUT2D eigenvalue weighted by Crippen LogP contribution is -2.63. The summed E-state index contributed by atoms with van der Waals surface area (Å²) in [6.07, 6.45) is 5.68. The number of nitrogens with zero attached hydrogens (tertiary/aromatic N) is 1. The first-order chi connectivity index (χ1) is 8.65. The zero-order valence-electron chi connectivity index (χ0n) is 12.0. The van der Waals surface area contributed by atoms with Gasteiger partial charge in [-0.05, 0) is 39.0 Å². The highest BCUT2D eigenvalue weighted by Gasteiger charge is 2.45. The maximum atomic E-state index is 5.64. The monoisotopic (exact) mass is 252 g/mol. The average Bonchev–Trinajstić information content (AvgIpc) is 3.18. The Balaban J connectivity index is 1.73. The van der Waals surface area contributed by atoms with Crippen LogP contribution in [0.1, 0.15) is 33.1 Å². The molecule has 3 nitrogen and oxygen atoms in total. The Morgan fingerprint density at radius 1 is 1.44 bits per heavy atom. The summed E-state index contributed by atoms with van der Waals surface area (Å²) < 4.78 is 5.64. The SMILES string of the molecule is C=CCCOCCN1CC(C)(C2CC2)NCC1C. The van der Waals surface area contributed by atoms with E-state index in [4.69, 9.17) is 4.74 Å². The molecule has 1 N–H and O–H groups in total. The first kappa shape index (κ1) is 14.0. The van der Waals surface area contributed by atoms with Gasteiger partial charge in [-0.25, -0.2) is 0 Å². The molecule has 1 aliphatic heterocycles. The van der Waals surface area contributed by atoms with Crippen LogP contribution in [0, 0.1) is 5.92 Å². The summed E-state index contributed by atoms with van der Waals surface area (Å²) in [6, 6.07) is 0.625. The van der Waals surface area contributed by atoms with Crippen LogP contribution in [0.3, 0.4) is 0 Å². The Bertz CT molecular complexity index is 278. The molecule has 0 radical (unpaired) electrons. The van der Waals surface area contributed by atoms with Crippen molar-refractivity contribution in [2.24, 2.45) is 5.92 Å². The van der Waals surface area contributed by atoms with Gasteiger partial charge >= 0.3 is 0 Å². The average molecular weight is 252 g/mol. The molecule has 3 heteroatoms. The summed E-state index contributed by atoms with van der Waals surface area (Å²) in [4.78, 5) is 2.59. The minimum atomic E-state index is 0.341. The minimum Gasteiger partial charge on any atom is -0.380 e. The van der Waals surface area contributed by atoms with Crippen LogP contribution < -0.4 is 5.32 Å². The maximum Gasteiger partial charge on any atom is 0.0593 e. The third kappa shape index (κ3) is 3.56.